The molecule has 0 saturated carbocycles. The van der Waals surface area contributed by atoms with Crippen molar-refractivity contribution in [1.29, 1.82) is 0 Å². The van der Waals surface area contributed by atoms with Crippen LogP contribution in [-0.4, -0.2) is 4.98 Å². The second-order valence-corrected chi connectivity index (χ2v) is 8.25. The van der Waals surface area contributed by atoms with Crippen molar-refractivity contribution in [1.82, 2.24) is 4.98 Å². The number of aromatic nitrogens is 1. The van der Waals surface area contributed by atoms with Crippen LogP contribution in [0.25, 0.3) is 22.2 Å². The average molecular weight is 396 g/mol. The van der Waals surface area contributed by atoms with E-state index in [0.29, 0.717) is 0 Å². The van der Waals surface area contributed by atoms with Crippen molar-refractivity contribution in [3.8, 4) is 11.3 Å². The molecule has 0 aliphatic carbocycles. The predicted molar refractivity (Wildman–Crippen MR) is 113 cm³/mol. The fourth-order valence-corrected chi connectivity index (χ4v) is 3.77. The summed E-state index contributed by atoms with van der Waals surface area (Å²) in [5.74, 6) is 0. The molecule has 3 rings (SSSR count). The van der Waals surface area contributed by atoms with E-state index in [1.165, 1.54) is 27.6 Å². The lowest BCUT2D eigenvalue weighted by Gasteiger charge is -2.24. The van der Waals surface area contributed by atoms with Crippen molar-refractivity contribution in [3.63, 3.8) is 0 Å². The molecule has 25 heavy (non-hydrogen) atoms. The van der Waals surface area contributed by atoms with Crippen molar-refractivity contribution < 1.29 is 0 Å². The number of pyridine rings is 1. The van der Waals surface area contributed by atoms with Gasteiger partial charge in [-0.25, -0.2) is 4.98 Å². The monoisotopic (exact) mass is 395 g/mol. The van der Waals surface area contributed by atoms with Gasteiger partial charge in [0.2, 0.25) is 0 Å². The zero-order chi connectivity index (χ0) is 18.0. The van der Waals surface area contributed by atoms with Crippen LogP contribution >= 0.6 is 15.9 Å². The van der Waals surface area contributed by atoms with Gasteiger partial charge in [0, 0.05) is 16.3 Å². The van der Waals surface area contributed by atoms with E-state index in [-0.39, 0.29) is 5.41 Å². The number of nitrogens with zero attached hydrogens (tertiary/aromatic N) is 1. The zero-order valence-electron chi connectivity index (χ0n) is 15.6. The zero-order valence-corrected chi connectivity index (χ0v) is 17.2. The number of alkyl halides is 1. The molecule has 130 valence electrons. The molecule has 1 heterocycles. The highest BCUT2D eigenvalue weighted by molar-refractivity contribution is 9.08. The highest BCUT2D eigenvalue weighted by Gasteiger charge is 2.19. The van der Waals surface area contributed by atoms with Crippen LogP contribution in [0.3, 0.4) is 0 Å². The lowest BCUT2D eigenvalue weighted by molar-refractivity contribution is 0.589. The van der Waals surface area contributed by atoms with Crippen molar-refractivity contribution in [2.45, 2.75) is 51.3 Å². The van der Waals surface area contributed by atoms with Crippen molar-refractivity contribution in [3.05, 3.63) is 65.2 Å². The fraction of sp³-hybridized carbons (Fsp3) is 0.348. The molecule has 3 aromatic rings. The number of halogens is 1. The summed E-state index contributed by atoms with van der Waals surface area (Å²) in [5, 5.41) is 2.07. The van der Waals surface area contributed by atoms with Crippen LogP contribution in [0.15, 0.2) is 48.5 Å². The molecule has 1 aromatic heterocycles. The summed E-state index contributed by atoms with van der Waals surface area (Å²) < 4.78 is 0. The summed E-state index contributed by atoms with van der Waals surface area (Å²) in [6.07, 6.45) is 2.21. The molecule has 0 atom stereocenters. The maximum atomic E-state index is 4.97. The van der Waals surface area contributed by atoms with Crippen LogP contribution in [0.4, 0.5) is 0 Å². The van der Waals surface area contributed by atoms with Gasteiger partial charge in [0.15, 0.2) is 0 Å². The summed E-state index contributed by atoms with van der Waals surface area (Å²) in [7, 11) is 0. The smallest absolute Gasteiger partial charge is 0.0712 e. The van der Waals surface area contributed by atoms with Crippen LogP contribution < -0.4 is 0 Å². The minimum atomic E-state index is 0.118. The van der Waals surface area contributed by atoms with E-state index >= 15 is 0 Å². The van der Waals surface area contributed by atoms with E-state index in [0.717, 1.165) is 29.4 Å². The highest BCUT2D eigenvalue weighted by Crippen LogP contribution is 2.34. The quantitative estimate of drug-likeness (QED) is 0.431. The lowest BCUT2D eigenvalue weighted by Crippen LogP contribution is -2.13. The molecule has 0 bridgehead atoms. The first-order valence-corrected chi connectivity index (χ1v) is 10.1. The Morgan fingerprint density at radius 2 is 1.76 bits per heavy atom. The summed E-state index contributed by atoms with van der Waals surface area (Å²) >= 11 is 3.71. The van der Waals surface area contributed by atoms with E-state index in [1.807, 2.05) is 0 Å². The molecular weight excluding hydrogens is 370 g/mol. The summed E-state index contributed by atoms with van der Waals surface area (Å²) in [5.41, 5.74) is 7.72. The highest BCUT2D eigenvalue weighted by atomic mass is 79.9. The molecule has 0 unspecified atom stereocenters. The van der Waals surface area contributed by atoms with Crippen LogP contribution in [-0.2, 0) is 17.2 Å². The Morgan fingerprint density at radius 1 is 1.00 bits per heavy atom. The fourth-order valence-electron chi connectivity index (χ4n) is 3.27. The topological polar surface area (TPSA) is 12.9 Å². The van der Waals surface area contributed by atoms with E-state index in [2.05, 4.69) is 92.2 Å². The van der Waals surface area contributed by atoms with E-state index in [1.54, 1.807) is 0 Å². The standard InChI is InChI=1S/C23H26BrN/c1-5-8-19-17(15-24)13-18(23(2,3)4)14-20(19)22-12-11-16-9-6-7-10-21(16)25-22/h6-7,9-14H,5,8,15H2,1-4H3. The number of rotatable bonds is 4. The molecule has 0 aliphatic heterocycles. The van der Waals surface area contributed by atoms with Crippen LogP contribution in [0.5, 0.6) is 0 Å². The Hall–Kier alpha value is -1.67. The number of fused-ring (bicyclic) bond motifs is 1. The third kappa shape index (κ3) is 3.79. The normalized spacial score (nSPS) is 11.9. The van der Waals surface area contributed by atoms with Crippen molar-refractivity contribution in [2.24, 2.45) is 0 Å². The van der Waals surface area contributed by atoms with Crippen LogP contribution in [0.2, 0.25) is 0 Å². The Morgan fingerprint density at radius 3 is 2.44 bits per heavy atom. The van der Waals surface area contributed by atoms with Gasteiger partial charge in [0.1, 0.15) is 0 Å². The molecule has 0 N–H and O–H groups in total. The Kier molecular flexibility index (Phi) is 5.29. The molecule has 1 nitrogen and oxygen atoms in total. The largest absolute Gasteiger partial charge is 0.248 e. The molecule has 0 amide bonds. The SMILES string of the molecule is CCCc1c(CBr)cc(C(C)(C)C)cc1-c1ccc2ccccc2n1. The third-order valence-corrected chi connectivity index (χ3v) is 5.33. The first kappa shape index (κ1) is 18.1. The van der Waals surface area contributed by atoms with Gasteiger partial charge in [0.05, 0.1) is 11.2 Å². The van der Waals surface area contributed by atoms with Crippen LogP contribution in [0, 0.1) is 0 Å². The summed E-state index contributed by atoms with van der Waals surface area (Å²) in [6, 6.07) is 17.4. The first-order chi connectivity index (χ1) is 11.9. The number of hydrogen-bond acceptors (Lipinski definition) is 1. The van der Waals surface area contributed by atoms with Gasteiger partial charge in [-0.05, 0) is 46.7 Å². The van der Waals surface area contributed by atoms with Gasteiger partial charge in [-0.3, -0.25) is 0 Å². The molecule has 0 spiro atoms. The van der Waals surface area contributed by atoms with Crippen molar-refractivity contribution in [2.75, 3.05) is 0 Å². The molecule has 0 radical (unpaired) electrons. The van der Waals surface area contributed by atoms with Gasteiger partial charge in [-0.1, -0.05) is 80.4 Å². The number of benzene rings is 2. The Balaban J connectivity index is 2.26. The van der Waals surface area contributed by atoms with E-state index < -0.39 is 0 Å². The van der Waals surface area contributed by atoms with E-state index in [4.69, 9.17) is 4.98 Å². The molecule has 0 fully saturated rings. The molecule has 0 saturated heterocycles. The summed E-state index contributed by atoms with van der Waals surface area (Å²) in [4.78, 5) is 4.97. The average Bonchev–Trinajstić information content (AvgIpc) is 2.60. The second-order valence-electron chi connectivity index (χ2n) is 7.68. The Labute approximate surface area is 159 Å². The molecule has 2 aromatic carbocycles. The van der Waals surface area contributed by atoms with Crippen LogP contribution in [0.1, 0.15) is 50.8 Å². The summed E-state index contributed by atoms with van der Waals surface area (Å²) in [6.45, 7) is 9.07. The Bertz CT molecular complexity index is 890. The molecule has 0 aliphatic rings. The van der Waals surface area contributed by atoms with Gasteiger partial charge >= 0.3 is 0 Å². The number of para-hydroxylation sites is 1. The third-order valence-electron chi connectivity index (χ3n) is 4.73. The minimum Gasteiger partial charge on any atom is -0.248 e. The van der Waals surface area contributed by atoms with Gasteiger partial charge in [0.25, 0.3) is 0 Å². The lowest BCUT2D eigenvalue weighted by atomic mass is 9.82. The first-order valence-electron chi connectivity index (χ1n) is 9.02. The maximum absolute atomic E-state index is 4.97. The second kappa shape index (κ2) is 7.29. The van der Waals surface area contributed by atoms with Gasteiger partial charge in [-0.15, -0.1) is 0 Å². The maximum Gasteiger partial charge on any atom is 0.0712 e. The molecule has 2 heteroatoms. The van der Waals surface area contributed by atoms with Gasteiger partial charge in [-0.2, -0.15) is 0 Å². The number of hydrogen-bond donors (Lipinski definition) is 0. The minimum absolute atomic E-state index is 0.118. The van der Waals surface area contributed by atoms with Gasteiger partial charge < -0.3 is 0 Å². The predicted octanol–water partition coefficient (Wildman–Crippen LogP) is 7.05. The van der Waals surface area contributed by atoms with Crippen molar-refractivity contribution >= 4 is 26.8 Å². The molecular formula is C23H26BrN. The van der Waals surface area contributed by atoms with E-state index in [9.17, 15) is 0 Å².